The van der Waals surface area contributed by atoms with Crippen LogP contribution in [-0.4, -0.2) is 81.0 Å². The number of allylic oxidation sites excluding steroid dienone is 4. The molecule has 1 aromatic heterocycles. The van der Waals surface area contributed by atoms with Crippen molar-refractivity contribution < 1.29 is 61.6 Å². The summed E-state index contributed by atoms with van der Waals surface area (Å²) in [5.74, 6) is -0.728. The Labute approximate surface area is 279 Å². The summed E-state index contributed by atoms with van der Waals surface area (Å²) in [5, 5.41) is 0. The minimum atomic E-state index is -4.33. The number of amides is 4. The number of hydrogen-bond donors (Lipinski definition) is 0. The van der Waals surface area contributed by atoms with Crippen molar-refractivity contribution >= 4 is 33.7 Å². The first-order chi connectivity index (χ1) is 20.7. The molecule has 0 bridgehead atoms. The number of fused-ring (bicyclic) bond motifs is 1. The smallest absolute Gasteiger partial charge is 0.748 e. The third kappa shape index (κ3) is 10.6. The van der Waals surface area contributed by atoms with E-state index in [1.807, 2.05) is 26.0 Å². The normalized spacial score (nSPS) is 15.6. The van der Waals surface area contributed by atoms with Crippen LogP contribution >= 0.6 is 0 Å². The number of barbiturate groups is 1. The number of nitrogens with zero attached hydrogens (tertiary/aromatic N) is 6. The summed E-state index contributed by atoms with van der Waals surface area (Å²) in [7, 11) is -4.33. The SMILES string of the molecule is CCCCN1C(=O)C(=C/C=C/C=C2\Oc3ccccc3N2CCCS(=O)(=O)[O-])C(=O)N(CCCC)C1=O.[Na+].c1ncncn1. The molecule has 44 heavy (non-hydrogen) atoms. The van der Waals surface area contributed by atoms with Crippen molar-refractivity contribution in [3.05, 3.63) is 79.0 Å². The Balaban J connectivity index is 0.000000859. The van der Waals surface area contributed by atoms with Crippen molar-refractivity contribution in [2.75, 3.05) is 30.3 Å². The van der Waals surface area contributed by atoms with E-state index in [9.17, 15) is 27.4 Å². The Morgan fingerprint density at radius 1 is 0.795 bits per heavy atom. The number of carbonyl (C=O) groups is 3. The molecule has 4 amide bonds. The molecule has 0 saturated carbocycles. The first-order valence-corrected chi connectivity index (χ1v) is 15.5. The van der Waals surface area contributed by atoms with Crippen molar-refractivity contribution in [2.24, 2.45) is 0 Å². The molecule has 3 heterocycles. The zero-order valence-electron chi connectivity index (χ0n) is 25.2. The molecule has 15 heteroatoms. The van der Waals surface area contributed by atoms with Gasteiger partial charge in [-0.1, -0.05) is 51.0 Å². The number of para-hydroxylation sites is 2. The molecule has 1 aromatic carbocycles. The largest absolute Gasteiger partial charge is 1.00 e. The van der Waals surface area contributed by atoms with E-state index in [1.165, 1.54) is 31.1 Å². The second-order valence-electron chi connectivity index (χ2n) is 9.50. The van der Waals surface area contributed by atoms with Crippen LogP contribution in [0.5, 0.6) is 5.75 Å². The maximum atomic E-state index is 13.0. The van der Waals surface area contributed by atoms with Crippen LogP contribution in [0.1, 0.15) is 46.0 Å². The number of rotatable bonds is 12. The molecule has 0 unspecified atom stereocenters. The molecular formula is C29H35N6NaO7S. The summed E-state index contributed by atoms with van der Waals surface area (Å²) in [6.07, 6.45) is 13.4. The minimum absolute atomic E-state index is 0. The number of aromatic nitrogens is 3. The Morgan fingerprint density at radius 3 is 1.84 bits per heavy atom. The van der Waals surface area contributed by atoms with Gasteiger partial charge in [0.25, 0.3) is 11.8 Å². The molecule has 2 aliphatic rings. The fraction of sp³-hybridized carbons (Fsp3) is 0.379. The fourth-order valence-corrected chi connectivity index (χ4v) is 4.66. The Kier molecular flexibility index (Phi) is 15.4. The van der Waals surface area contributed by atoms with Crippen molar-refractivity contribution in [2.45, 2.75) is 46.0 Å². The molecule has 0 atom stereocenters. The van der Waals surface area contributed by atoms with Gasteiger partial charge in [0, 0.05) is 25.4 Å². The van der Waals surface area contributed by atoms with E-state index >= 15 is 0 Å². The molecule has 1 saturated heterocycles. The monoisotopic (exact) mass is 634 g/mol. The summed E-state index contributed by atoms with van der Waals surface area (Å²) in [4.78, 5) is 53.4. The predicted molar refractivity (Wildman–Crippen MR) is 157 cm³/mol. The van der Waals surface area contributed by atoms with E-state index < -0.39 is 33.7 Å². The fourth-order valence-electron chi connectivity index (χ4n) is 4.17. The summed E-state index contributed by atoms with van der Waals surface area (Å²) in [6, 6.07) is 6.63. The molecule has 13 nitrogen and oxygen atoms in total. The van der Waals surface area contributed by atoms with Crippen LogP contribution < -0.4 is 39.2 Å². The topological polar surface area (TPSA) is 166 Å². The number of carbonyl (C=O) groups excluding carboxylic acids is 3. The molecule has 0 spiro atoms. The molecule has 2 aromatic rings. The number of benzene rings is 1. The van der Waals surface area contributed by atoms with Gasteiger partial charge in [-0.3, -0.25) is 19.4 Å². The van der Waals surface area contributed by atoms with Gasteiger partial charge in [0.15, 0.2) is 5.75 Å². The van der Waals surface area contributed by atoms with Crippen LogP contribution in [0.25, 0.3) is 0 Å². The van der Waals surface area contributed by atoms with Crippen molar-refractivity contribution in [1.29, 1.82) is 0 Å². The van der Waals surface area contributed by atoms with E-state index in [2.05, 4.69) is 15.0 Å². The number of unbranched alkanes of at least 4 members (excludes halogenated alkanes) is 2. The number of hydrogen-bond acceptors (Lipinski definition) is 11. The number of ether oxygens (including phenoxy) is 1. The molecule has 1 fully saturated rings. The van der Waals surface area contributed by atoms with Gasteiger partial charge in [-0.2, -0.15) is 0 Å². The first kappa shape index (κ1) is 36.8. The predicted octanol–water partition coefficient (Wildman–Crippen LogP) is 0.411. The van der Waals surface area contributed by atoms with Gasteiger partial charge in [-0.15, -0.1) is 0 Å². The maximum Gasteiger partial charge on any atom is 1.00 e. The van der Waals surface area contributed by atoms with Gasteiger partial charge in [-0.25, -0.2) is 28.2 Å². The zero-order valence-corrected chi connectivity index (χ0v) is 28.0. The van der Waals surface area contributed by atoms with E-state index in [4.69, 9.17) is 4.74 Å². The van der Waals surface area contributed by atoms with E-state index in [0.717, 1.165) is 28.3 Å². The minimum Gasteiger partial charge on any atom is -0.748 e. The zero-order chi connectivity index (χ0) is 31.2. The number of urea groups is 1. The molecule has 0 N–H and O–H groups in total. The van der Waals surface area contributed by atoms with Crippen LogP contribution in [0.4, 0.5) is 10.5 Å². The van der Waals surface area contributed by atoms with E-state index in [0.29, 0.717) is 24.5 Å². The Morgan fingerprint density at radius 2 is 1.32 bits per heavy atom. The number of imide groups is 2. The second kappa shape index (κ2) is 18.4. The van der Waals surface area contributed by atoms with Gasteiger partial charge in [0.2, 0.25) is 5.88 Å². The van der Waals surface area contributed by atoms with Gasteiger partial charge >= 0.3 is 35.6 Å². The molecule has 0 radical (unpaired) electrons. The van der Waals surface area contributed by atoms with Crippen LogP contribution in [0.15, 0.2) is 79.0 Å². The standard InChI is InChI=1S/C26H33N3O7S.C3H3N3.Na/c1-3-5-16-28-24(30)20(25(31)29(26(28)32)17-6-4-2)12-7-10-15-23-27(18-11-19-37(33,34)35)21-13-8-9-14-22(21)36-23;1-4-2-6-3-5-1;/h7-10,12-15H,3-6,11,16-19H2,1-2H3,(H,33,34,35);1-3H;/q;;+1/p-1/b10-7+,23-15-;;. The summed E-state index contributed by atoms with van der Waals surface area (Å²) < 4.78 is 38.9. The van der Waals surface area contributed by atoms with Gasteiger partial charge in [0.1, 0.15) is 24.6 Å². The van der Waals surface area contributed by atoms with Gasteiger partial charge < -0.3 is 14.2 Å². The first-order valence-electron chi connectivity index (χ1n) is 14.0. The van der Waals surface area contributed by atoms with Crippen LogP contribution in [0.3, 0.4) is 0 Å². The second-order valence-corrected chi connectivity index (χ2v) is 11.0. The summed E-state index contributed by atoms with van der Waals surface area (Å²) in [6.45, 7) is 4.65. The van der Waals surface area contributed by atoms with Crippen LogP contribution in [0, 0.1) is 0 Å². The molecular weight excluding hydrogens is 599 g/mol. The number of anilines is 1. The average Bonchev–Trinajstić information content (AvgIpc) is 3.34. The molecule has 0 aliphatic carbocycles. The maximum absolute atomic E-state index is 13.0. The van der Waals surface area contributed by atoms with Gasteiger partial charge in [-0.05, 0) is 43.5 Å². The third-order valence-electron chi connectivity index (χ3n) is 6.31. The van der Waals surface area contributed by atoms with Gasteiger partial charge in [0.05, 0.1) is 15.8 Å². The Hall–Kier alpha value is -3.43. The average molecular weight is 635 g/mol. The molecule has 4 rings (SSSR count). The quantitative estimate of drug-likeness (QED) is 0.137. The van der Waals surface area contributed by atoms with Crippen LogP contribution in [0.2, 0.25) is 0 Å². The van der Waals surface area contributed by atoms with Crippen molar-refractivity contribution in [3.63, 3.8) is 0 Å². The van der Waals surface area contributed by atoms with E-state index in [-0.39, 0.29) is 61.2 Å². The molecule has 230 valence electrons. The summed E-state index contributed by atoms with van der Waals surface area (Å²) >= 11 is 0. The molecule has 2 aliphatic heterocycles. The summed E-state index contributed by atoms with van der Waals surface area (Å²) in [5.41, 5.74) is 0.646. The third-order valence-corrected chi connectivity index (χ3v) is 7.10. The Bertz CT molecular complexity index is 1410. The van der Waals surface area contributed by atoms with Crippen LogP contribution in [-0.2, 0) is 19.7 Å². The van der Waals surface area contributed by atoms with Crippen molar-refractivity contribution in [3.8, 4) is 5.75 Å². The van der Waals surface area contributed by atoms with E-state index in [1.54, 1.807) is 29.2 Å². The van der Waals surface area contributed by atoms with Crippen molar-refractivity contribution in [1.82, 2.24) is 24.8 Å².